The maximum absolute atomic E-state index is 12.7. The van der Waals surface area contributed by atoms with Gasteiger partial charge in [0.15, 0.2) is 0 Å². The van der Waals surface area contributed by atoms with E-state index in [0.717, 1.165) is 44.6 Å². The number of hydrogen-bond acceptors (Lipinski definition) is 3. The van der Waals surface area contributed by atoms with E-state index in [1.165, 1.54) is 44.3 Å². The highest BCUT2D eigenvalue weighted by Crippen LogP contribution is 2.31. The van der Waals surface area contributed by atoms with E-state index in [1.807, 2.05) is 12.1 Å². The molecule has 0 spiro atoms. The number of anilines is 1. The van der Waals surface area contributed by atoms with Gasteiger partial charge < -0.3 is 15.1 Å². The van der Waals surface area contributed by atoms with Crippen LogP contribution in [0.25, 0.3) is 0 Å². The first kappa shape index (κ1) is 15.9. The fraction of sp³-hybridized carbons (Fsp3) is 0.650. The van der Waals surface area contributed by atoms with Crippen LogP contribution in [0, 0.1) is 0 Å². The number of benzene rings is 1. The summed E-state index contributed by atoms with van der Waals surface area (Å²) in [4.78, 5) is 17.6. The van der Waals surface area contributed by atoms with Crippen LogP contribution in [0.1, 0.15) is 55.3 Å². The van der Waals surface area contributed by atoms with Gasteiger partial charge in [0, 0.05) is 37.4 Å². The number of carbonyl (C=O) groups excluding carboxylic acids is 1. The smallest absolute Gasteiger partial charge is 0.251 e. The maximum Gasteiger partial charge on any atom is 0.251 e. The zero-order valence-corrected chi connectivity index (χ0v) is 14.6. The lowest BCUT2D eigenvalue weighted by Gasteiger charge is -2.34. The first-order chi connectivity index (χ1) is 11.7. The Hall–Kier alpha value is -1.55. The lowest BCUT2D eigenvalue weighted by Crippen LogP contribution is -2.52. The molecule has 2 atom stereocenters. The van der Waals surface area contributed by atoms with Gasteiger partial charge in [-0.3, -0.25) is 4.79 Å². The molecule has 0 aliphatic carbocycles. The second kappa shape index (κ2) is 6.75. The van der Waals surface area contributed by atoms with Crippen molar-refractivity contribution >= 4 is 11.6 Å². The molecular weight excluding hydrogens is 298 g/mol. The van der Waals surface area contributed by atoms with Crippen LogP contribution < -0.4 is 10.2 Å². The highest BCUT2D eigenvalue weighted by Gasteiger charge is 2.41. The summed E-state index contributed by atoms with van der Waals surface area (Å²) in [6, 6.07) is 8.25. The molecule has 3 fully saturated rings. The molecule has 3 aliphatic rings. The fourth-order valence-electron chi connectivity index (χ4n) is 4.62. The third kappa shape index (κ3) is 3.30. The fourth-order valence-corrected chi connectivity index (χ4v) is 4.62. The summed E-state index contributed by atoms with van der Waals surface area (Å²) in [5.41, 5.74) is 2.09. The van der Waals surface area contributed by atoms with Gasteiger partial charge in [0.2, 0.25) is 0 Å². The first-order valence-corrected chi connectivity index (χ1v) is 9.64. The Bertz CT molecular complexity index is 573. The van der Waals surface area contributed by atoms with Crippen molar-refractivity contribution in [3.05, 3.63) is 29.8 Å². The van der Waals surface area contributed by atoms with Crippen molar-refractivity contribution in [3.63, 3.8) is 0 Å². The van der Waals surface area contributed by atoms with E-state index in [9.17, 15) is 4.79 Å². The van der Waals surface area contributed by atoms with Gasteiger partial charge in [-0.2, -0.15) is 0 Å². The van der Waals surface area contributed by atoms with Crippen LogP contribution in [0.3, 0.4) is 0 Å². The summed E-state index contributed by atoms with van der Waals surface area (Å²) in [5, 5.41) is 3.35. The summed E-state index contributed by atoms with van der Waals surface area (Å²) >= 11 is 0. The molecule has 2 bridgehead atoms. The molecule has 1 N–H and O–H groups in total. The summed E-state index contributed by atoms with van der Waals surface area (Å²) in [7, 11) is 0. The van der Waals surface area contributed by atoms with Crippen molar-refractivity contribution in [2.75, 3.05) is 37.6 Å². The number of carbonyl (C=O) groups is 1. The number of rotatable bonds is 3. The molecule has 3 saturated heterocycles. The third-order valence-electron chi connectivity index (χ3n) is 6.04. The van der Waals surface area contributed by atoms with Gasteiger partial charge in [0.1, 0.15) is 0 Å². The van der Waals surface area contributed by atoms with Crippen molar-refractivity contribution < 1.29 is 4.79 Å². The van der Waals surface area contributed by atoms with Crippen molar-refractivity contribution in [2.45, 2.75) is 50.5 Å². The molecular formula is C20H29N3O. The van der Waals surface area contributed by atoms with Crippen LogP contribution in [0.15, 0.2) is 24.3 Å². The maximum atomic E-state index is 12.7. The second-order valence-electron chi connectivity index (χ2n) is 7.81. The lowest BCUT2D eigenvalue weighted by molar-refractivity contribution is 0.0877. The van der Waals surface area contributed by atoms with Crippen molar-refractivity contribution in [1.29, 1.82) is 0 Å². The van der Waals surface area contributed by atoms with Gasteiger partial charge in [-0.1, -0.05) is 12.8 Å². The Labute approximate surface area is 145 Å². The zero-order chi connectivity index (χ0) is 16.4. The molecule has 24 heavy (non-hydrogen) atoms. The second-order valence-corrected chi connectivity index (χ2v) is 7.81. The SMILES string of the molecule is O=C(NC12CCCN(CC1)C2)c1ccc(N2CCCCCC2)cc1. The molecule has 0 aromatic heterocycles. The molecule has 3 aliphatic heterocycles. The summed E-state index contributed by atoms with van der Waals surface area (Å²) in [6.45, 7) is 5.65. The minimum atomic E-state index is 0.0266. The van der Waals surface area contributed by atoms with E-state index in [-0.39, 0.29) is 11.4 Å². The van der Waals surface area contributed by atoms with E-state index >= 15 is 0 Å². The number of piperidine rings is 1. The predicted octanol–water partition coefficient (Wildman–Crippen LogP) is 3.04. The molecule has 1 aromatic rings. The monoisotopic (exact) mass is 327 g/mol. The molecule has 4 heteroatoms. The zero-order valence-electron chi connectivity index (χ0n) is 14.6. The molecule has 4 rings (SSSR count). The Morgan fingerprint density at radius 2 is 1.62 bits per heavy atom. The number of nitrogens with zero attached hydrogens (tertiary/aromatic N) is 2. The number of nitrogens with one attached hydrogen (secondary N) is 1. The minimum Gasteiger partial charge on any atom is -0.372 e. The summed E-state index contributed by atoms with van der Waals surface area (Å²) in [6.07, 6.45) is 8.68. The van der Waals surface area contributed by atoms with Crippen LogP contribution >= 0.6 is 0 Å². The third-order valence-corrected chi connectivity index (χ3v) is 6.04. The van der Waals surface area contributed by atoms with Gasteiger partial charge in [0.05, 0.1) is 5.54 Å². The lowest BCUT2D eigenvalue weighted by atomic mass is 9.90. The first-order valence-electron chi connectivity index (χ1n) is 9.64. The van der Waals surface area contributed by atoms with E-state index in [4.69, 9.17) is 0 Å². The molecule has 3 heterocycles. The molecule has 130 valence electrons. The highest BCUT2D eigenvalue weighted by molar-refractivity contribution is 5.95. The Morgan fingerprint density at radius 3 is 2.38 bits per heavy atom. The van der Waals surface area contributed by atoms with E-state index in [1.54, 1.807) is 0 Å². The van der Waals surface area contributed by atoms with Gasteiger partial charge in [0.25, 0.3) is 5.91 Å². The van der Waals surface area contributed by atoms with Crippen molar-refractivity contribution in [3.8, 4) is 0 Å². The van der Waals surface area contributed by atoms with Crippen molar-refractivity contribution in [2.24, 2.45) is 0 Å². The average molecular weight is 327 g/mol. The van der Waals surface area contributed by atoms with Gasteiger partial charge in [-0.05, 0) is 62.9 Å². The topological polar surface area (TPSA) is 35.6 Å². The van der Waals surface area contributed by atoms with Crippen molar-refractivity contribution in [1.82, 2.24) is 10.2 Å². The van der Waals surface area contributed by atoms with Gasteiger partial charge in [-0.15, -0.1) is 0 Å². The summed E-state index contributed by atoms with van der Waals surface area (Å²) in [5.74, 6) is 0.0983. The van der Waals surface area contributed by atoms with Crippen LogP contribution in [0.2, 0.25) is 0 Å². The van der Waals surface area contributed by atoms with Crippen LogP contribution in [-0.2, 0) is 0 Å². The number of fused-ring (bicyclic) bond motifs is 2. The van der Waals surface area contributed by atoms with Gasteiger partial charge in [-0.25, -0.2) is 0 Å². The van der Waals surface area contributed by atoms with E-state index in [0.29, 0.717) is 0 Å². The largest absolute Gasteiger partial charge is 0.372 e. The molecule has 1 amide bonds. The van der Waals surface area contributed by atoms with Gasteiger partial charge >= 0.3 is 0 Å². The predicted molar refractivity (Wildman–Crippen MR) is 97.6 cm³/mol. The molecule has 2 unspecified atom stereocenters. The Kier molecular flexibility index (Phi) is 4.49. The molecule has 0 radical (unpaired) electrons. The quantitative estimate of drug-likeness (QED) is 0.927. The Morgan fingerprint density at radius 1 is 0.875 bits per heavy atom. The van der Waals surface area contributed by atoms with Crippen LogP contribution in [0.4, 0.5) is 5.69 Å². The standard InChI is InChI=1S/C20H29N3O/c24-19(21-20-10-5-12-22(16-20)15-11-20)17-6-8-18(9-7-17)23-13-3-1-2-4-14-23/h6-9H,1-5,10-16H2,(H,21,24). The van der Waals surface area contributed by atoms with E-state index < -0.39 is 0 Å². The normalized spacial score (nSPS) is 30.0. The van der Waals surface area contributed by atoms with Crippen LogP contribution in [0.5, 0.6) is 0 Å². The van der Waals surface area contributed by atoms with Crippen LogP contribution in [-0.4, -0.2) is 49.1 Å². The number of amides is 1. The Balaban J connectivity index is 1.41. The highest BCUT2D eigenvalue weighted by atomic mass is 16.1. The molecule has 1 aromatic carbocycles. The molecule has 0 saturated carbocycles. The summed E-state index contributed by atoms with van der Waals surface area (Å²) < 4.78 is 0. The number of hydrogen-bond donors (Lipinski definition) is 1. The minimum absolute atomic E-state index is 0.0266. The average Bonchev–Trinajstić information content (AvgIpc) is 2.80. The van der Waals surface area contributed by atoms with E-state index in [2.05, 4.69) is 27.2 Å². The molecule has 4 nitrogen and oxygen atoms in total.